The fraction of sp³-hybridized carbons (Fsp3) is 0.429. The van der Waals surface area contributed by atoms with Gasteiger partial charge in [-0.05, 0) is 12.8 Å². The fourth-order valence-electron chi connectivity index (χ4n) is 2.30. The molecule has 0 spiro atoms. The maximum absolute atomic E-state index is 12.4. The molecule has 0 radical (unpaired) electrons. The van der Waals surface area contributed by atoms with Crippen molar-refractivity contribution >= 4 is 28.2 Å². The van der Waals surface area contributed by atoms with Gasteiger partial charge in [-0.15, -0.1) is 11.3 Å². The van der Waals surface area contributed by atoms with Crippen LogP contribution in [0.4, 0.5) is 0 Å². The van der Waals surface area contributed by atoms with Gasteiger partial charge in [0.05, 0.1) is 12.0 Å². The third kappa shape index (κ3) is 3.01. The lowest BCUT2D eigenvalue weighted by atomic mass is 9.88. The number of rotatable bonds is 6. The number of carbonyl (C=O) groups excluding carboxylic acids is 1. The maximum atomic E-state index is 12.4. The molecule has 0 aliphatic carbocycles. The van der Waals surface area contributed by atoms with Crippen LogP contribution in [-0.4, -0.2) is 31.9 Å². The Labute approximate surface area is 130 Å². The van der Waals surface area contributed by atoms with Gasteiger partial charge in [-0.3, -0.25) is 18.8 Å². The number of fused-ring (bicyclic) bond motifs is 1. The molecule has 0 atom stereocenters. The topological polar surface area (TPSA) is 101 Å². The molecule has 0 saturated heterocycles. The van der Waals surface area contributed by atoms with Crippen molar-refractivity contribution in [2.24, 2.45) is 0 Å². The first-order valence-electron chi connectivity index (χ1n) is 6.91. The molecule has 0 aliphatic rings. The second-order valence-corrected chi connectivity index (χ2v) is 5.92. The Morgan fingerprint density at radius 3 is 2.68 bits per heavy atom. The molecule has 2 aromatic heterocycles. The normalized spacial score (nSPS) is 11.5. The summed E-state index contributed by atoms with van der Waals surface area (Å²) in [4.78, 5) is 40.3. The number of thiazole rings is 1. The number of nitrogens with one attached hydrogen (secondary N) is 1. The summed E-state index contributed by atoms with van der Waals surface area (Å²) in [6.45, 7) is 3.61. The number of carboxylic acid groups (broad SMARTS) is 1. The van der Waals surface area contributed by atoms with Gasteiger partial charge in [0, 0.05) is 17.8 Å². The van der Waals surface area contributed by atoms with Gasteiger partial charge in [0.1, 0.15) is 5.56 Å². The lowest BCUT2D eigenvalue weighted by molar-refractivity contribution is -0.138. The zero-order chi connectivity index (χ0) is 16.3. The second-order valence-electron chi connectivity index (χ2n) is 5.04. The van der Waals surface area contributed by atoms with Crippen LogP contribution < -0.4 is 10.9 Å². The summed E-state index contributed by atoms with van der Waals surface area (Å²) in [5.41, 5.74) is -1.42. The molecule has 0 saturated carbocycles. The molecule has 0 fully saturated rings. The van der Waals surface area contributed by atoms with E-state index in [9.17, 15) is 14.4 Å². The fourth-order valence-corrected chi connectivity index (χ4v) is 2.97. The Balaban J connectivity index is 2.34. The van der Waals surface area contributed by atoms with Crippen molar-refractivity contribution in [3.8, 4) is 0 Å². The van der Waals surface area contributed by atoms with E-state index in [0.29, 0.717) is 17.8 Å². The minimum atomic E-state index is -0.993. The molecule has 1 amide bonds. The van der Waals surface area contributed by atoms with Crippen LogP contribution in [0.15, 0.2) is 22.6 Å². The van der Waals surface area contributed by atoms with Gasteiger partial charge in [-0.2, -0.15) is 0 Å². The highest BCUT2D eigenvalue weighted by Gasteiger charge is 2.32. The summed E-state index contributed by atoms with van der Waals surface area (Å²) in [7, 11) is 0. The third-order valence-electron chi connectivity index (χ3n) is 3.81. The number of amides is 1. The van der Waals surface area contributed by atoms with E-state index in [2.05, 4.69) is 10.3 Å². The highest BCUT2D eigenvalue weighted by Crippen LogP contribution is 2.20. The Kier molecular flexibility index (Phi) is 4.60. The Morgan fingerprint density at radius 1 is 1.41 bits per heavy atom. The Morgan fingerprint density at radius 2 is 2.09 bits per heavy atom. The lowest BCUT2D eigenvalue weighted by Gasteiger charge is -2.31. The van der Waals surface area contributed by atoms with E-state index in [-0.39, 0.29) is 12.0 Å². The average molecular weight is 323 g/mol. The zero-order valence-corrected chi connectivity index (χ0v) is 13.1. The van der Waals surface area contributed by atoms with Crippen molar-refractivity contribution in [2.75, 3.05) is 0 Å². The smallest absolute Gasteiger partial charge is 0.305 e. The van der Waals surface area contributed by atoms with Crippen molar-refractivity contribution in [1.82, 2.24) is 14.7 Å². The number of carbonyl (C=O) groups is 2. The van der Waals surface area contributed by atoms with E-state index in [1.807, 2.05) is 0 Å². The van der Waals surface area contributed by atoms with E-state index in [1.54, 1.807) is 25.4 Å². The Bertz CT molecular complexity index is 761. The first kappa shape index (κ1) is 16.2. The maximum Gasteiger partial charge on any atom is 0.305 e. The highest BCUT2D eigenvalue weighted by atomic mass is 32.1. The molecule has 0 aliphatic heterocycles. The summed E-state index contributed by atoms with van der Waals surface area (Å²) < 4.78 is 1.30. The number of aliphatic carboxylic acids is 1. The van der Waals surface area contributed by atoms with E-state index in [1.165, 1.54) is 21.9 Å². The summed E-state index contributed by atoms with van der Waals surface area (Å²) in [5, 5.41) is 13.4. The summed E-state index contributed by atoms with van der Waals surface area (Å²) in [5.74, 6) is -1.59. The SMILES string of the molecule is CCC(CC)(CC(=O)O)NC(=O)c1cnc2sccn2c1=O. The first-order valence-corrected chi connectivity index (χ1v) is 7.79. The average Bonchev–Trinajstić information content (AvgIpc) is 2.95. The lowest BCUT2D eigenvalue weighted by Crippen LogP contribution is -2.50. The predicted octanol–water partition coefficient (Wildman–Crippen LogP) is 1.52. The number of carboxylic acids is 1. The van der Waals surface area contributed by atoms with Gasteiger partial charge >= 0.3 is 5.97 Å². The van der Waals surface area contributed by atoms with E-state index >= 15 is 0 Å². The Hall–Kier alpha value is -2.22. The monoisotopic (exact) mass is 323 g/mol. The van der Waals surface area contributed by atoms with Crippen molar-refractivity contribution in [3.05, 3.63) is 33.7 Å². The molecular weight excluding hydrogens is 306 g/mol. The molecule has 118 valence electrons. The standard InChI is InChI=1S/C14H17N3O4S/c1-3-14(4-2,7-10(18)19)16-11(20)9-8-15-13-17(12(9)21)5-6-22-13/h5-6,8H,3-4,7H2,1-2H3,(H,16,20)(H,18,19). The van der Waals surface area contributed by atoms with Crippen LogP contribution in [0.5, 0.6) is 0 Å². The number of nitrogens with zero attached hydrogens (tertiary/aromatic N) is 2. The van der Waals surface area contributed by atoms with Crippen LogP contribution in [0.1, 0.15) is 43.5 Å². The largest absolute Gasteiger partial charge is 0.481 e. The highest BCUT2D eigenvalue weighted by molar-refractivity contribution is 7.15. The summed E-state index contributed by atoms with van der Waals surface area (Å²) >= 11 is 1.29. The van der Waals surface area contributed by atoms with Crippen LogP contribution in [0, 0.1) is 0 Å². The van der Waals surface area contributed by atoms with Crippen molar-refractivity contribution < 1.29 is 14.7 Å². The van der Waals surface area contributed by atoms with Crippen molar-refractivity contribution in [3.63, 3.8) is 0 Å². The van der Waals surface area contributed by atoms with Crippen LogP contribution in [-0.2, 0) is 4.79 Å². The van der Waals surface area contributed by atoms with E-state index in [0.717, 1.165) is 0 Å². The number of hydrogen-bond donors (Lipinski definition) is 2. The molecule has 2 aromatic rings. The quantitative estimate of drug-likeness (QED) is 0.839. The molecule has 7 nitrogen and oxygen atoms in total. The molecule has 8 heteroatoms. The van der Waals surface area contributed by atoms with Gasteiger partial charge in [0.2, 0.25) is 0 Å². The van der Waals surface area contributed by atoms with Gasteiger partial charge in [0.25, 0.3) is 11.5 Å². The molecule has 2 N–H and O–H groups in total. The molecule has 0 aromatic carbocycles. The molecule has 2 rings (SSSR count). The second kappa shape index (κ2) is 6.27. The molecule has 0 bridgehead atoms. The van der Waals surface area contributed by atoms with Crippen LogP contribution in [0.2, 0.25) is 0 Å². The summed E-state index contributed by atoms with van der Waals surface area (Å²) in [6, 6.07) is 0. The minimum absolute atomic E-state index is 0.0902. The first-order chi connectivity index (χ1) is 10.4. The molecule has 22 heavy (non-hydrogen) atoms. The third-order valence-corrected chi connectivity index (χ3v) is 4.58. The van der Waals surface area contributed by atoms with Crippen LogP contribution >= 0.6 is 11.3 Å². The summed E-state index contributed by atoms with van der Waals surface area (Å²) in [6.07, 6.45) is 3.51. The van der Waals surface area contributed by atoms with Crippen LogP contribution in [0.25, 0.3) is 4.96 Å². The van der Waals surface area contributed by atoms with Gasteiger partial charge in [-0.1, -0.05) is 13.8 Å². The number of hydrogen-bond acceptors (Lipinski definition) is 5. The molecule has 0 unspecified atom stereocenters. The van der Waals surface area contributed by atoms with Gasteiger partial charge in [0.15, 0.2) is 4.96 Å². The zero-order valence-electron chi connectivity index (χ0n) is 12.3. The van der Waals surface area contributed by atoms with Crippen molar-refractivity contribution in [1.29, 1.82) is 0 Å². The molecular formula is C14H17N3O4S. The van der Waals surface area contributed by atoms with E-state index in [4.69, 9.17) is 5.11 Å². The minimum Gasteiger partial charge on any atom is -0.481 e. The molecule has 2 heterocycles. The van der Waals surface area contributed by atoms with Crippen molar-refractivity contribution in [2.45, 2.75) is 38.6 Å². The van der Waals surface area contributed by atoms with Gasteiger partial charge < -0.3 is 10.4 Å². The number of aromatic nitrogens is 2. The van der Waals surface area contributed by atoms with Crippen LogP contribution in [0.3, 0.4) is 0 Å². The van der Waals surface area contributed by atoms with E-state index < -0.39 is 23.0 Å². The predicted molar refractivity (Wildman–Crippen MR) is 82.4 cm³/mol. The van der Waals surface area contributed by atoms with Gasteiger partial charge in [-0.25, -0.2) is 4.98 Å².